The molecule has 17 heavy (non-hydrogen) atoms. The lowest BCUT2D eigenvalue weighted by Gasteiger charge is -2.07. The highest BCUT2D eigenvalue weighted by Gasteiger charge is 2.02. The number of rotatable bonds is 6. The zero-order valence-electron chi connectivity index (χ0n) is 9.90. The molecule has 0 unspecified atom stereocenters. The summed E-state index contributed by atoms with van der Waals surface area (Å²) in [5.74, 6) is 1.66. The van der Waals surface area contributed by atoms with Crippen LogP contribution < -0.4 is 15.8 Å². The average Bonchev–Trinajstić information content (AvgIpc) is 2.22. The van der Waals surface area contributed by atoms with Gasteiger partial charge in [0, 0.05) is 25.6 Å². The predicted molar refractivity (Wildman–Crippen MR) is 67.2 cm³/mol. The summed E-state index contributed by atoms with van der Waals surface area (Å²) in [5.41, 5.74) is 5.61. The third-order valence-electron chi connectivity index (χ3n) is 1.90. The van der Waals surface area contributed by atoms with E-state index in [4.69, 9.17) is 5.73 Å². The molecule has 96 valence electrons. The van der Waals surface area contributed by atoms with Crippen molar-refractivity contribution in [3.05, 3.63) is 11.9 Å². The van der Waals surface area contributed by atoms with Crippen LogP contribution in [-0.2, 0) is 16.4 Å². The largest absolute Gasteiger partial charge is 0.384 e. The van der Waals surface area contributed by atoms with Gasteiger partial charge in [-0.3, -0.25) is 0 Å². The molecule has 8 heteroatoms. The smallest absolute Gasteiger partial charge is 0.208 e. The van der Waals surface area contributed by atoms with E-state index in [0.29, 0.717) is 37.0 Å². The van der Waals surface area contributed by atoms with E-state index in [0.717, 1.165) is 6.26 Å². The molecule has 1 aromatic rings. The molecule has 0 aliphatic carbocycles. The molecule has 0 bridgehead atoms. The lowest BCUT2D eigenvalue weighted by Crippen LogP contribution is -2.27. The molecule has 0 saturated carbocycles. The van der Waals surface area contributed by atoms with Crippen LogP contribution in [0.15, 0.2) is 6.07 Å². The number of hydrogen-bond donors (Lipinski definition) is 3. The molecule has 1 aromatic heterocycles. The lowest BCUT2D eigenvalue weighted by molar-refractivity contribution is 0.589. The van der Waals surface area contributed by atoms with Gasteiger partial charge in [0.1, 0.15) is 17.5 Å². The molecule has 0 amide bonds. The highest BCUT2D eigenvalue weighted by molar-refractivity contribution is 7.88. The first-order valence-corrected chi connectivity index (χ1v) is 7.12. The monoisotopic (exact) mass is 259 g/mol. The van der Waals surface area contributed by atoms with Gasteiger partial charge in [0.15, 0.2) is 0 Å². The van der Waals surface area contributed by atoms with Gasteiger partial charge in [-0.25, -0.2) is 23.1 Å². The van der Waals surface area contributed by atoms with Gasteiger partial charge in [-0.2, -0.15) is 0 Å². The Morgan fingerprint density at radius 2 is 2.06 bits per heavy atom. The van der Waals surface area contributed by atoms with E-state index in [-0.39, 0.29) is 0 Å². The highest BCUT2D eigenvalue weighted by atomic mass is 32.2. The number of nitrogens with zero attached hydrogens (tertiary/aromatic N) is 2. The molecule has 0 saturated heterocycles. The topological polar surface area (TPSA) is 110 Å². The van der Waals surface area contributed by atoms with Crippen LogP contribution in [0.25, 0.3) is 0 Å². The van der Waals surface area contributed by atoms with Crippen LogP contribution in [0.5, 0.6) is 0 Å². The number of aryl methyl sites for hydroxylation is 1. The Labute approximate surface area is 101 Å². The zero-order chi connectivity index (χ0) is 12.9. The summed E-state index contributed by atoms with van der Waals surface area (Å²) in [6.45, 7) is 2.67. The van der Waals surface area contributed by atoms with E-state index < -0.39 is 10.0 Å². The van der Waals surface area contributed by atoms with Crippen LogP contribution in [0.2, 0.25) is 0 Å². The molecule has 1 heterocycles. The van der Waals surface area contributed by atoms with E-state index in [9.17, 15) is 8.42 Å². The fraction of sp³-hybridized carbons (Fsp3) is 0.556. The van der Waals surface area contributed by atoms with Crippen LogP contribution in [0.3, 0.4) is 0 Å². The Bertz CT molecular complexity index is 474. The number of anilines is 2. The van der Waals surface area contributed by atoms with Gasteiger partial charge in [0.2, 0.25) is 10.0 Å². The third kappa shape index (κ3) is 5.45. The van der Waals surface area contributed by atoms with Gasteiger partial charge in [-0.05, 0) is 0 Å². The van der Waals surface area contributed by atoms with E-state index in [1.807, 2.05) is 6.92 Å². The molecule has 7 nitrogen and oxygen atoms in total. The summed E-state index contributed by atoms with van der Waals surface area (Å²) in [7, 11) is -3.15. The zero-order valence-corrected chi connectivity index (χ0v) is 10.7. The summed E-state index contributed by atoms with van der Waals surface area (Å²) in [4.78, 5) is 8.24. The Balaban J connectivity index is 2.49. The highest BCUT2D eigenvalue weighted by Crippen LogP contribution is 2.07. The molecule has 0 aliphatic rings. The number of sulfonamides is 1. The Morgan fingerprint density at radius 1 is 1.35 bits per heavy atom. The van der Waals surface area contributed by atoms with Crippen LogP contribution in [-0.4, -0.2) is 37.7 Å². The first kappa shape index (κ1) is 13.7. The van der Waals surface area contributed by atoms with Crippen LogP contribution in [0, 0.1) is 0 Å². The van der Waals surface area contributed by atoms with E-state index >= 15 is 0 Å². The van der Waals surface area contributed by atoms with Gasteiger partial charge in [0.05, 0.1) is 6.26 Å². The van der Waals surface area contributed by atoms with E-state index in [1.54, 1.807) is 6.07 Å². The van der Waals surface area contributed by atoms with E-state index in [1.165, 1.54) is 0 Å². The van der Waals surface area contributed by atoms with Crippen molar-refractivity contribution in [2.24, 2.45) is 0 Å². The Hall–Kier alpha value is -1.41. The number of nitrogens with one attached hydrogen (secondary N) is 2. The van der Waals surface area contributed by atoms with Crippen molar-refractivity contribution in [3.8, 4) is 0 Å². The second kappa shape index (κ2) is 5.78. The average molecular weight is 259 g/mol. The first-order chi connectivity index (χ1) is 7.90. The summed E-state index contributed by atoms with van der Waals surface area (Å²) in [6, 6.07) is 1.61. The van der Waals surface area contributed by atoms with Gasteiger partial charge >= 0.3 is 0 Å². The minimum atomic E-state index is -3.15. The number of aromatic nitrogens is 2. The van der Waals surface area contributed by atoms with E-state index in [2.05, 4.69) is 20.0 Å². The number of nitrogens with two attached hydrogens (primary N) is 1. The summed E-state index contributed by atoms with van der Waals surface area (Å²) in [5, 5.41) is 2.97. The maximum atomic E-state index is 10.8. The normalized spacial score (nSPS) is 11.4. The predicted octanol–water partition coefficient (Wildman–Crippen LogP) is -0.418. The SMILES string of the molecule is CCc1nc(N)cc(NCCNS(C)(=O)=O)n1. The maximum absolute atomic E-state index is 10.8. The molecule has 0 radical (unpaired) electrons. The molecular weight excluding hydrogens is 242 g/mol. The molecule has 0 atom stereocenters. The molecule has 0 spiro atoms. The van der Waals surface area contributed by atoms with Gasteiger partial charge in [0.25, 0.3) is 0 Å². The van der Waals surface area contributed by atoms with Gasteiger partial charge in [-0.15, -0.1) is 0 Å². The summed E-state index contributed by atoms with van der Waals surface area (Å²) >= 11 is 0. The second-order valence-electron chi connectivity index (χ2n) is 3.54. The fourth-order valence-corrected chi connectivity index (χ4v) is 1.67. The summed E-state index contributed by atoms with van der Waals surface area (Å²) < 4.78 is 24.0. The Kier molecular flexibility index (Phi) is 4.64. The first-order valence-electron chi connectivity index (χ1n) is 5.22. The van der Waals surface area contributed by atoms with Crippen molar-refractivity contribution in [2.45, 2.75) is 13.3 Å². The second-order valence-corrected chi connectivity index (χ2v) is 5.37. The van der Waals surface area contributed by atoms with Crippen molar-refractivity contribution in [3.63, 3.8) is 0 Å². The Morgan fingerprint density at radius 3 is 2.65 bits per heavy atom. The minimum absolute atomic E-state index is 0.296. The van der Waals surface area contributed by atoms with Crippen molar-refractivity contribution in [1.29, 1.82) is 0 Å². The van der Waals surface area contributed by atoms with Crippen molar-refractivity contribution < 1.29 is 8.42 Å². The van der Waals surface area contributed by atoms with Crippen molar-refractivity contribution in [2.75, 3.05) is 30.4 Å². The lowest BCUT2D eigenvalue weighted by atomic mass is 10.4. The molecular formula is C9H17N5O2S. The fourth-order valence-electron chi connectivity index (χ4n) is 1.19. The maximum Gasteiger partial charge on any atom is 0.208 e. The molecule has 0 aliphatic heterocycles. The number of nitrogen functional groups attached to an aromatic ring is 1. The minimum Gasteiger partial charge on any atom is -0.384 e. The van der Waals surface area contributed by atoms with Crippen LogP contribution in [0.4, 0.5) is 11.6 Å². The molecule has 0 aromatic carbocycles. The standard InChI is InChI=1S/C9H17N5O2S/c1-3-8-13-7(10)6-9(14-8)11-4-5-12-17(2,15)16/h6,12H,3-5H2,1-2H3,(H3,10,11,13,14). The van der Waals surface area contributed by atoms with Gasteiger partial charge in [-0.1, -0.05) is 6.92 Å². The summed E-state index contributed by atoms with van der Waals surface area (Å²) in [6.07, 6.45) is 1.81. The molecule has 4 N–H and O–H groups in total. The number of hydrogen-bond acceptors (Lipinski definition) is 6. The van der Waals surface area contributed by atoms with Crippen molar-refractivity contribution >= 4 is 21.7 Å². The van der Waals surface area contributed by atoms with Gasteiger partial charge < -0.3 is 11.1 Å². The van der Waals surface area contributed by atoms with Crippen LogP contribution in [0.1, 0.15) is 12.7 Å². The van der Waals surface area contributed by atoms with Crippen LogP contribution >= 0.6 is 0 Å². The molecule has 1 rings (SSSR count). The quantitative estimate of drug-likeness (QED) is 0.599. The molecule has 0 fully saturated rings. The van der Waals surface area contributed by atoms with Crippen molar-refractivity contribution in [1.82, 2.24) is 14.7 Å². The third-order valence-corrected chi connectivity index (χ3v) is 2.63.